The number of methoxy groups -OCH3 is 1. The van der Waals surface area contributed by atoms with Crippen molar-refractivity contribution in [3.8, 4) is 16.3 Å². The van der Waals surface area contributed by atoms with Crippen LogP contribution in [0.4, 0.5) is 5.95 Å². The zero-order valence-electron chi connectivity index (χ0n) is 11.3. The molecule has 0 fully saturated rings. The minimum Gasteiger partial charge on any atom is -0.496 e. The number of hydrogen-bond donors (Lipinski definition) is 0. The number of ether oxygens (including phenoxy) is 1. The summed E-state index contributed by atoms with van der Waals surface area (Å²) in [6.45, 7) is 4.09. The first kappa shape index (κ1) is 12.8. The Morgan fingerprint density at radius 1 is 1.17 bits per heavy atom. The number of aryl methyl sites for hydroxylation is 2. The van der Waals surface area contributed by atoms with Gasteiger partial charge in [-0.3, -0.25) is 0 Å². The van der Waals surface area contributed by atoms with E-state index >= 15 is 0 Å². The number of anilines is 1. The van der Waals surface area contributed by atoms with Crippen molar-refractivity contribution in [2.24, 2.45) is 0 Å². The predicted octanol–water partition coefficient (Wildman–Crippen LogP) is 2.90. The summed E-state index contributed by atoms with van der Waals surface area (Å²) >= 11 is 1.42. The molecule has 4 nitrogen and oxygen atoms in total. The maximum Gasteiger partial charge on any atom is 0.237 e. The predicted molar refractivity (Wildman–Crippen MR) is 75.7 cm³/mol. The van der Waals surface area contributed by atoms with Gasteiger partial charge in [-0.1, -0.05) is 0 Å². The molecular formula is C13H17N3OS. The van der Waals surface area contributed by atoms with Gasteiger partial charge in [-0.05, 0) is 48.6 Å². The van der Waals surface area contributed by atoms with Crippen LogP contribution >= 0.6 is 11.5 Å². The van der Waals surface area contributed by atoms with E-state index in [9.17, 15) is 0 Å². The molecule has 2 aromatic rings. The van der Waals surface area contributed by atoms with E-state index in [2.05, 4.69) is 21.5 Å². The van der Waals surface area contributed by atoms with Crippen LogP contribution < -0.4 is 9.64 Å². The molecule has 0 unspecified atom stereocenters. The SMILES string of the molecule is COc1c(C)cc(-c2nc(N(C)C)ns2)cc1C. The Morgan fingerprint density at radius 3 is 2.22 bits per heavy atom. The Hall–Kier alpha value is -1.62. The van der Waals surface area contributed by atoms with Gasteiger partial charge in [0.15, 0.2) is 0 Å². The largest absolute Gasteiger partial charge is 0.496 e. The maximum atomic E-state index is 5.37. The zero-order chi connectivity index (χ0) is 13.3. The monoisotopic (exact) mass is 263 g/mol. The first-order valence-electron chi connectivity index (χ1n) is 5.69. The van der Waals surface area contributed by atoms with Gasteiger partial charge >= 0.3 is 0 Å². The van der Waals surface area contributed by atoms with Gasteiger partial charge in [0.25, 0.3) is 0 Å². The minimum atomic E-state index is 0.751. The molecule has 0 aliphatic carbocycles. The first-order valence-corrected chi connectivity index (χ1v) is 6.47. The molecule has 0 saturated heterocycles. The Kier molecular flexibility index (Phi) is 3.52. The standard InChI is InChI=1S/C13H17N3OS/c1-8-6-10(7-9(2)11(8)17-5)12-14-13(15-18-12)16(3)4/h6-7H,1-5H3. The Labute approximate surface area is 111 Å². The molecule has 0 N–H and O–H groups in total. The molecule has 0 spiro atoms. The lowest BCUT2D eigenvalue weighted by molar-refractivity contribution is 0.408. The average molecular weight is 263 g/mol. The van der Waals surface area contributed by atoms with Crippen LogP contribution in [0.25, 0.3) is 10.6 Å². The van der Waals surface area contributed by atoms with Crippen LogP contribution in [-0.2, 0) is 0 Å². The summed E-state index contributed by atoms with van der Waals surface area (Å²) in [5.41, 5.74) is 3.33. The van der Waals surface area contributed by atoms with Gasteiger partial charge in [0, 0.05) is 19.7 Å². The van der Waals surface area contributed by atoms with Gasteiger partial charge in [-0.15, -0.1) is 0 Å². The van der Waals surface area contributed by atoms with Crippen LogP contribution in [0.1, 0.15) is 11.1 Å². The Morgan fingerprint density at radius 2 is 1.78 bits per heavy atom. The van der Waals surface area contributed by atoms with E-state index in [0.29, 0.717) is 0 Å². The van der Waals surface area contributed by atoms with Gasteiger partial charge in [0.1, 0.15) is 10.8 Å². The lowest BCUT2D eigenvalue weighted by Crippen LogP contribution is -2.09. The quantitative estimate of drug-likeness (QED) is 0.853. The molecule has 0 aliphatic heterocycles. The number of aromatic nitrogens is 2. The topological polar surface area (TPSA) is 38.2 Å². The van der Waals surface area contributed by atoms with Gasteiger partial charge < -0.3 is 9.64 Å². The molecule has 0 aliphatic rings. The fourth-order valence-electron chi connectivity index (χ4n) is 1.91. The molecule has 1 aromatic carbocycles. The van der Waals surface area contributed by atoms with Crippen molar-refractivity contribution >= 4 is 17.5 Å². The van der Waals surface area contributed by atoms with Crippen molar-refractivity contribution in [1.29, 1.82) is 0 Å². The molecule has 0 atom stereocenters. The van der Waals surface area contributed by atoms with E-state index in [4.69, 9.17) is 4.74 Å². The minimum absolute atomic E-state index is 0.751. The molecule has 1 aromatic heterocycles. The van der Waals surface area contributed by atoms with Crippen molar-refractivity contribution in [3.63, 3.8) is 0 Å². The van der Waals surface area contributed by atoms with Crippen molar-refractivity contribution in [2.45, 2.75) is 13.8 Å². The molecule has 5 heteroatoms. The van der Waals surface area contributed by atoms with Crippen molar-refractivity contribution < 1.29 is 4.74 Å². The number of rotatable bonds is 3. The molecule has 2 rings (SSSR count). The second-order valence-electron chi connectivity index (χ2n) is 4.44. The Bertz CT molecular complexity index is 540. The molecule has 0 amide bonds. The van der Waals surface area contributed by atoms with E-state index in [1.54, 1.807) is 7.11 Å². The molecule has 1 heterocycles. The fraction of sp³-hybridized carbons (Fsp3) is 0.385. The molecule has 18 heavy (non-hydrogen) atoms. The van der Waals surface area contributed by atoms with Crippen LogP contribution in [0.5, 0.6) is 5.75 Å². The van der Waals surface area contributed by atoms with Crippen molar-refractivity contribution in [2.75, 3.05) is 26.1 Å². The smallest absolute Gasteiger partial charge is 0.237 e. The molecule has 0 saturated carbocycles. The highest BCUT2D eigenvalue weighted by molar-refractivity contribution is 7.09. The molecular weight excluding hydrogens is 246 g/mol. The van der Waals surface area contributed by atoms with E-state index in [0.717, 1.165) is 33.4 Å². The molecule has 0 radical (unpaired) electrons. The zero-order valence-corrected chi connectivity index (χ0v) is 12.1. The summed E-state index contributed by atoms with van der Waals surface area (Å²) < 4.78 is 9.69. The van der Waals surface area contributed by atoms with Crippen LogP contribution in [0, 0.1) is 13.8 Å². The van der Waals surface area contributed by atoms with E-state index in [1.807, 2.05) is 32.8 Å². The lowest BCUT2D eigenvalue weighted by atomic mass is 10.1. The maximum absolute atomic E-state index is 5.37. The van der Waals surface area contributed by atoms with Crippen LogP contribution in [0.2, 0.25) is 0 Å². The third-order valence-corrected chi connectivity index (χ3v) is 3.48. The lowest BCUT2D eigenvalue weighted by Gasteiger charge is -2.09. The van der Waals surface area contributed by atoms with Crippen molar-refractivity contribution in [3.05, 3.63) is 23.3 Å². The van der Waals surface area contributed by atoms with Gasteiger partial charge in [0.05, 0.1) is 7.11 Å². The third kappa shape index (κ3) is 2.31. The highest BCUT2D eigenvalue weighted by Gasteiger charge is 2.11. The van der Waals surface area contributed by atoms with Crippen LogP contribution in [-0.4, -0.2) is 30.6 Å². The Balaban J connectivity index is 2.44. The van der Waals surface area contributed by atoms with E-state index in [1.165, 1.54) is 11.5 Å². The number of benzene rings is 1. The van der Waals surface area contributed by atoms with Crippen LogP contribution in [0.15, 0.2) is 12.1 Å². The average Bonchev–Trinajstić information content (AvgIpc) is 2.77. The first-order chi connectivity index (χ1) is 8.52. The molecule has 96 valence electrons. The van der Waals surface area contributed by atoms with E-state index < -0.39 is 0 Å². The summed E-state index contributed by atoms with van der Waals surface area (Å²) in [6.07, 6.45) is 0. The van der Waals surface area contributed by atoms with Gasteiger partial charge in [-0.25, -0.2) is 0 Å². The normalized spacial score (nSPS) is 10.5. The van der Waals surface area contributed by atoms with Crippen molar-refractivity contribution in [1.82, 2.24) is 9.36 Å². The highest BCUT2D eigenvalue weighted by Crippen LogP contribution is 2.31. The summed E-state index contributed by atoms with van der Waals surface area (Å²) in [4.78, 5) is 6.42. The summed E-state index contributed by atoms with van der Waals surface area (Å²) in [6, 6.07) is 4.18. The fourth-order valence-corrected chi connectivity index (χ4v) is 2.63. The highest BCUT2D eigenvalue weighted by atomic mass is 32.1. The summed E-state index contributed by atoms with van der Waals surface area (Å²) in [5, 5.41) is 0.938. The number of nitrogens with zero attached hydrogens (tertiary/aromatic N) is 3. The second-order valence-corrected chi connectivity index (χ2v) is 5.19. The van der Waals surface area contributed by atoms with Crippen LogP contribution in [0.3, 0.4) is 0 Å². The summed E-state index contributed by atoms with van der Waals surface area (Å²) in [5.74, 6) is 1.69. The van der Waals surface area contributed by atoms with Gasteiger partial charge in [0.2, 0.25) is 5.95 Å². The summed E-state index contributed by atoms with van der Waals surface area (Å²) in [7, 11) is 5.58. The second kappa shape index (κ2) is 4.94. The van der Waals surface area contributed by atoms with Gasteiger partial charge in [-0.2, -0.15) is 9.36 Å². The van der Waals surface area contributed by atoms with E-state index in [-0.39, 0.29) is 0 Å². The number of hydrogen-bond acceptors (Lipinski definition) is 5. The third-order valence-electron chi connectivity index (χ3n) is 2.73. The molecule has 0 bridgehead atoms.